The highest BCUT2D eigenvalue weighted by Gasteiger charge is 2.04. The van der Waals surface area contributed by atoms with Gasteiger partial charge in [0.15, 0.2) is 0 Å². The van der Waals surface area contributed by atoms with Gasteiger partial charge in [-0.3, -0.25) is 0 Å². The van der Waals surface area contributed by atoms with Gasteiger partial charge in [-0.15, -0.1) is 11.3 Å². The first-order chi connectivity index (χ1) is 7.66. The van der Waals surface area contributed by atoms with Crippen LogP contribution in [0.3, 0.4) is 0 Å². The third-order valence-electron chi connectivity index (χ3n) is 2.43. The van der Waals surface area contributed by atoms with Crippen LogP contribution in [0.1, 0.15) is 16.8 Å². The average molecular weight is 297 g/mol. The van der Waals surface area contributed by atoms with Gasteiger partial charge in [0.05, 0.1) is 17.7 Å². The largest absolute Gasteiger partial charge is 0.379 e. The average Bonchev–Trinajstić information content (AvgIpc) is 2.68. The van der Waals surface area contributed by atoms with Crippen molar-refractivity contribution in [2.75, 3.05) is 5.32 Å². The Morgan fingerprint density at radius 1 is 1.31 bits per heavy atom. The second kappa shape index (κ2) is 4.97. The Labute approximate surface area is 108 Å². The molecule has 2 aromatic rings. The van der Waals surface area contributed by atoms with Crippen LogP contribution in [0, 0.1) is 13.8 Å². The van der Waals surface area contributed by atoms with Gasteiger partial charge in [0, 0.05) is 15.5 Å². The molecule has 0 bridgehead atoms. The summed E-state index contributed by atoms with van der Waals surface area (Å²) in [7, 11) is 0. The Bertz CT molecular complexity index is 457. The van der Waals surface area contributed by atoms with E-state index in [1.165, 1.54) is 16.8 Å². The fourth-order valence-electron chi connectivity index (χ4n) is 1.69. The molecule has 2 nitrogen and oxygen atoms in total. The van der Waals surface area contributed by atoms with E-state index in [4.69, 9.17) is 0 Å². The van der Waals surface area contributed by atoms with Crippen LogP contribution in [0.2, 0.25) is 0 Å². The highest BCUT2D eigenvalue weighted by molar-refractivity contribution is 9.10. The fourth-order valence-corrected chi connectivity index (χ4v) is 2.94. The molecule has 1 N–H and O–H groups in total. The van der Waals surface area contributed by atoms with Crippen LogP contribution in [0.5, 0.6) is 0 Å². The van der Waals surface area contributed by atoms with Gasteiger partial charge in [-0.25, -0.2) is 4.98 Å². The van der Waals surface area contributed by atoms with Crippen LogP contribution in [0.4, 0.5) is 5.69 Å². The molecule has 16 heavy (non-hydrogen) atoms. The van der Waals surface area contributed by atoms with E-state index < -0.39 is 0 Å². The molecular weight excluding hydrogens is 284 g/mol. The number of nitrogens with zero attached hydrogens (tertiary/aromatic N) is 1. The molecule has 1 aromatic carbocycles. The minimum atomic E-state index is 0.785. The first-order valence-electron chi connectivity index (χ1n) is 5.04. The molecule has 0 atom stereocenters. The van der Waals surface area contributed by atoms with Crippen molar-refractivity contribution in [3.63, 3.8) is 0 Å². The number of rotatable bonds is 3. The first kappa shape index (κ1) is 11.6. The van der Waals surface area contributed by atoms with Crippen LogP contribution in [-0.4, -0.2) is 4.98 Å². The van der Waals surface area contributed by atoms with Gasteiger partial charge in [0.2, 0.25) is 0 Å². The Kier molecular flexibility index (Phi) is 3.61. The Balaban J connectivity index is 2.15. The van der Waals surface area contributed by atoms with Crippen LogP contribution in [-0.2, 0) is 6.54 Å². The van der Waals surface area contributed by atoms with E-state index >= 15 is 0 Å². The van der Waals surface area contributed by atoms with E-state index in [1.54, 1.807) is 11.3 Å². The summed E-state index contributed by atoms with van der Waals surface area (Å²) < 4.78 is 1.13. The number of aromatic nitrogens is 1. The number of thiazole rings is 1. The monoisotopic (exact) mass is 296 g/mol. The maximum absolute atomic E-state index is 4.25. The number of anilines is 1. The van der Waals surface area contributed by atoms with E-state index in [0.29, 0.717) is 0 Å². The number of halogens is 1. The quantitative estimate of drug-likeness (QED) is 0.921. The van der Waals surface area contributed by atoms with Gasteiger partial charge in [0.25, 0.3) is 0 Å². The summed E-state index contributed by atoms with van der Waals surface area (Å²) in [6.07, 6.45) is 0. The van der Waals surface area contributed by atoms with E-state index in [9.17, 15) is 0 Å². The molecule has 0 amide bonds. The number of benzene rings is 1. The fraction of sp³-hybridized carbons (Fsp3) is 0.250. The van der Waals surface area contributed by atoms with Crippen molar-refractivity contribution in [1.29, 1.82) is 0 Å². The minimum absolute atomic E-state index is 0.785. The minimum Gasteiger partial charge on any atom is -0.379 e. The van der Waals surface area contributed by atoms with Crippen molar-refractivity contribution in [3.8, 4) is 0 Å². The summed E-state index contributed by atoms with van der Waals surface area (Å²) in [5.74, 6) is 0. The molecule has 0 aliphatic rings. The van der Waals surface area contributed by atoms with Crippen LogP contribution in [0.25, 0.3) is 0 Å². The van der Waals surface area contributed by atoms with Gasteiger partial charge < -0.3 is 5.32 Å². The van der Waals surface area contributed by atoms with Crippen molar-refractivity contribution in [1.82, 2.24) is 4.98 Å². The number of hydrogen-bond donors (Lipinski definition) is 1. The van der Waals surface area contributed by atoms with Crippen LogP contribution >= 0.6 is 27.3 Å². The Morgan fingerprint density at radius 2 is 2.00 bits per heavy atom. The predicted octanol–water partition coefficient (Wildman–Crippen LogP) is 4.13. The summed E-state index contributed by atoms with van der Waals surface area (Å²) in [4.78, 5) is 4.25. The highest BCUT2D eigenvalue weighted by atomic mass is 79.9. The molecule has 0 spiro atoms. The normalized spacial score (nSPS) is 10.4. The van der Waals surface area contributed by atoms with E-state index in [-0.39, 0.29) is 0 Å². The molecular formula is C12H13BrN2S. The summed E-state index contributed by atoms with van der Waals surface area (Å²) in [5, 5.41) is 5.50. The van der Waals surface area contributed by atoms with Crippen LogP contribution < -0.4 is 5.32 Å². The maximum Gasteiger partial charge on any atom is 0.0795 e. The zero-order valence-electron chi connectivity index (χ0n) is 9.25. The summed E-state index contributed by atoms with van der Waals surface area (Å²) in [6, 6.07) is 4.24. The molecule has 1 heterocycles. The van der Waals surface area contributed by atoms with Gasteiger partial charge >= 0.3 is 0 Å². The van der Waals surface area contributed by atoms with Crippen molar-refractivity contribution >= 4 is 33.0 Å². The van der Waals surface area contributed by atoms with Crippen molar-refractivity contribution in [3.05, 3.63) is 44.3 Å². The summed E-state index contributed by atoms with van der Waals surface area (Å²) >= 11 is 5.13. The molecule has 84 valence electrons. The standard InChI is InChI=1S/C12H13BrN2S/c1-8-3-10(13)4-9(2)12(8)14-5-11-6-16-7-15-11/h3-4,6-7,14H,5H2,1-2H3. The zero-order valence-corrected chi connectivity index (χ0v) is 11.7. The van der Waals surface area contributed by atoms with E-state index in [1.807, 2.05) is 5.51 Å². The lowest BCUT2D eigenvalue weighted by molar-refractivity contribution is 1.06. The third kappa shape index (κ3) is 2.62. The summed E-state index contributed by atoms with van der Waals surface area (Å²) in [5.41, 5.74) is 6.66. The van der Waals surface area contributed by atoms with Gasteiger partial charge in [-0.1, -0.05) is 15.9 Å². The lowest BCUT2D eigenvalue weighted by Crippen LogP contribution is -2.03. The highest BCUT2D eigenvalue weighted by Crippen LogP contribution is 2.25. The molecule has 0 fully saturated rings. The molecule has 0 saturated heterocycles. The second-order valence-electron chi connectivity index (χ2n) is 3.75. The lowest BCUT2D eigenvalue weighted by Gasteiger charge is -2.12. The lowest BCUT2D eigenvalue weighted by atomic mass is 10.1. The smallest absolute Gasteiger partial charge is 0.0795 e. The van der Waals surface area contributed by atoms with Gasteiger partial charge in [-0.05, 0) is 37.1 Å². The number of hydrogen-bond acceptors (Lipinski definition) is 3. The molecule has 0 radical (unpaired) electrons. The molecule has 1 aromatic heterocycles. The molecule has 0 unspecified atom stereocenters. The zero-order chi connectivity index (χ0) is 11.5. The predicted molar refractivity (Wildman–Crippen MR) is 73.1 cm³/mol. The Hall–Kier alpha value is -0.870. The number of aryl methyl sites for hydroxylation is 2. The van der Waals surface area contributed by atoms with Gasteiger partial charge in [-0.2, -0.15) is 0 Å². The first-order valence-corrected chi connectivity index (χ1v) is 6.78. The van der Waals surface area contributed by atoms with E-state index in [2.05, 4.69) is 57.6 Å². The Morgan fingerprint density at radius 3 is 2.56 bits per heavy atom. The molecule has 2 rings (SSSR count). The SMILES string of the molecule is Cc1cc(Br)cc(C)c1NCc1cscn1. The van der Waals surface area contributed by atoms with Gasteiger partial charge in [0.1, 0.15) is 0 Å². The molecule has 4 heteroatoms. The third-order valence-corrected chi connectivity index (χ3v) is 3.52. The van der Waals surface area contributed by atoms with Crippen molar-refractivity contribution in [2.45, 2.75) is 20.4 Å². The molecule has 0 aliphatic heterocycles. The summed E-state index contributed by atoms with van der Waals surface area (Å²) in [6.45, 7) is 5.01. The molecule has 0 aliphatic carbocycles. The number of nitrogens with one attached hydrogen (secondary N) is 1. The molecule has 0 saturated carbocycles. The maximum atomic E-state index is 4.25. The topological polar surface area (TPSA) is 24.9 Å². The second-order valence-corrected chi connectivity index (χ2v) is 5.38. The van der Waals surface area contributed by atoms with Crippen molar-refractivity contribution in [2.24, 2.45) is 0 Å². The van der Waals surface area contributed by atoms with E-state index in [0.717, 1.165) is 16.7 Å². The van der Waals surface area contributed by atoms with Crippen molar-refractivity contribution < 1.29 is 0 Å². The van der Waals surface area contributed by atoms with Crippen LogP contribution in [0.15, 0.2) is 27.5 Å².